The predicted molar refractivity (Wildman–Crippen MR) is 206 cm³/mol. The highest BCUT2D eigenvalue weighted by molar-refractivity contribution is 14.1. The molecular weight excluding hydrogens is 870 g/mol. The number of carbonyl (C=O) groups is 8. The molecule has 0 radical (unpaired) electrons. The average molecular weight is 925 g/mol. The monoisotopic (exact) mass is 924 g/mol. The van der Waals surface area contributed by atoms with Crippen molar-refractivity contribution in [1.29, 1.82) is 0 Å². The van der Waals surface area contributed by atoms with Crippen LogP contribution >= 0.6 is 22.6 Å². The predicted octanol–water partition coefficient (Wildman–Crippen LogP) is -5.20. The molecule has 0 aromatic heterocycles. The van der Waals surface area contributed by atoms with Crippen molar-refractivity contribution in [2.45, 2.75) is 51.6 Å². The van der Waals surface area contributed by atoms with Crippen molar-refractivity contribution in [2.24, 2.45) is 5.92 Å². The van der Waals surface area contributed by atoms with Crippen LogP contribution in [0.5, 0.6) is 0 Å². The van der Waals surface area contributed by atoms with Crippen molar-refractivity contribution >= 4 is 77.2 Å². The van der Waals surface area contributed by atoms with E-state index in [4.69, 9.17) is 14.5 Å². The molecule has 2 bridgehead atoms. The molecule has 5 amide bonds. The van der Waals surface area contributed by atoms with Crippen molar-refractivity contribution < 1.29 is 62.9 Å². The first-order chi connectivity index (χ1) is 26.9. The number of hydrogen-bond acceptors (Lipinski definition) is 18. The van der Waals surface area contributed by atoms with E-state index in [1.165, 1.54) is 11.8 Å². The zero-order chi connectivity index (χ0) is 42.2. The summed E-state index contributed by atoms with van der Waals surface area (Å²) in [6.07, 6.45) is 1.01. The first kappa shape index (κ1) is 47.6. The highest BCUT2D eigenvalue weighted by Crippen LogP contribution is 2.19. The number of likely N-dealkylation sites (tertiary alicyclic amines) is 1. The summed E-state index contributed by atoms with van der Waals surface area (Å²) < 4.78 is 0.461. The third kappa shape index (κ3) is 16.6. The van der Waals surface area contributed by atoms with Crippen LogP contribution < -0.4 is 21.3 Å². The zero-order valence-corrected chi connectivity index (χ0v) is 34.8. The lowest BCUT2D eigenvalue weighted by Crippen LogP contribution is -2.57. The molecule has 3 heterocycles. The summed E-state index contributed by atoms with van der Waals surface area (Å²) in [4.78, 5) is 125. The van der Waals surface area contributed by atoms with E-state index in [0.717, 1.165) is 0 Å². The van der Waals surface area contributed by atoms with Crippen LogP contribution in [0.3, 0.4) is 0 Å². The Morgan fingerprint density at radius 3 is 1.98 bits per heavy atom. The molecule has 0 saturated carbocycles. The largest absolute Gasteiger partial charge is 0.475 e. The second kappa shape index (κ2) is 23.6. The molecule has 3 aliphatic heterocycles. The number of hydrogen-bond donors (Lipinski definition) is 6. The Morgan fingerprint density at radius 1 is 0.772 bits per heavy atom. The van der Waals surface area contributed by atoms with Gasteiger partial charge in [0, 0.05) is 45.8 Å². The minimum atomic E-state index is -1.71. The van der Waals surface area contributed by atoms with Crippen LogP contribution in [0.25, 0.3) is 0 Å². The Kier molecular flexibility index (Phi) is 19.7. The molecule has 320 valence electrons. The SMILES string of the molecule is CC(C)[C@H](NC(=O)CNC(=O)CNC(=O)CN1CCN(C)CC(=O)ON2OC(=O)CN(CI)CCN(CC1)CC(=O)O2)C(=O)N[C@H](C)C(=O)N1CCC[C@H]1B(O)O. The second-order valence-corrected chi connectivity index (χ2v) is 15.0. The molecule has 3 fully saturated rings. The number of carbonyl (C=O) groups excluding carboxylic acids is 8. The summed E-state index contributed by atoms with van der Waals surface area (Å²) in [7, 11) is -0.0811. The minimum Gasteiger partial charge on any atom is -0.426 e. The Morgan fingerprint density at radius 2 is 1.35 bits per heavy atom. The number of fused-ring (bicyclic) bond motifs is 4. The molecule has 57 heavy (non-hydrogen) atoms. The molecule has 0 aromatic rings. The van der Waals surface area contributed by atoms with Crippen LogP contribution in [0, 0.1) is 5.92 Å². The van der Waals surface area contributed by atoms with Gasteiger partial charge in [0.15, 0.2) is 0 Å². The second-order valence-electron chi connectivity index (χ2n) is 14.3. The molecule has 6 N–H and O–H groups in total. The van der Waals surface area contributed by atoms with Gasteiger partial charge in [0.05, 0.1) is 49.8 Å². The summed E-state index contributed by atoms with van der Waals surface area (Å²) in [5.74, 6) is -6.68. The maximum absolute atomic E-state index is 13.1. The van der Waals surface area contributed by atoms with Gasteiger partial charge in [-0.3, -0.25) is 58.1 Å². The van der Waals surface area contributed by atoms with Gasteiger partial charge in [0.25, 0.3) is 0 Å². The topological polar surface area (TPSA) is 272 Å². The first-order valence-electron chi connectivity index (χ1n) is 18.6. The molecule has 0 aliphatic carbocycles. The average Bonchev–Trinajstić information content (AvgIpc) is 3.63. The van der Waals surface area contributed by atoms with Crippen LogP contribution in [0.1, 0.15) is 33.6 Å². The van der Waals surface area contributed by atoms with Gasteiger partial charge in [-0.1, -0.05) is 36.4 Å². The van der Waals surface area contributed by atoms with Gasteiger partial charge in [-0.25, -0.2) is 14.4 Å². The Labute approximate surface area is 344 Å². The van der Waals surface area contributed by atoms with E-state index in [9.17, 15) is 48.4 Å². The van der Waals surface area contributed by atoms with E-state index < -0.39 is 91.6 Å². The fourth-order valence-electron chi connectivity index (χ4n) is 6.08. The zero-order valence-electron chi connectivity index (χ0n) is 32.6. The fourth-order valence-corrected chi connectivity index (χ4v) is 6.67. The van der Waals surface area contributed by atoms with E-state index in [-0.39, 0.29) is 31.6 Å². The standard InChI is InChI=1S/C32H54BIN10O13/c1-21(2)30(31(51)37-22(3)32(52)43-7-5-6-23(43)33(53)54)38-25(46)15-35-24(45)14-36-26(47)16-40-9-8-39(4)17-27(48)55-44-56-28(49)18-41(11-10-40)12-13-42(20-34)19-29(50)57-44/h21-23,30,53-54H,5-20H2,1-4H3,(H,35,45)(H,36,47)(H,37,51)(H,38,46)/t22-,23+,30+/m1/s1. The van der Waals surface area contributed by atoms with Crippen LogP contribution in [-0.4, -0.2) is 209 Å². The molecule has 3 rings (SSSR count). The lowest BCUT2D eigenvalue weighted by molar-refractivity contribution is -0.464. The van der Waals surface area contributed by atoms with Gasteiger partial charge >= 0.3 is 25.0 Å². The van der Waals surface area contributed by atoms with Gasteiger partial charge < -0.3 is 36.2 Å². The fraction of sp³-hybridized carbons (Fsp3) is 0.750. The highest BCUT2D eigenvalue weighted by Gasteiger charge is 2.39. The van der Waals surface area contributed by atoms with Gasteiger partial charge in [-0.05, 0) is 32.7 Å². The summed E-state index contributed by atoms with van der Waals surface area (Å²) in [5.41, 5.74) is 0. The number of nitrogens with one attached hydrogen (secondary N) is 4. The van der Waals surface area contributed by atoms with E-state index in [1.54, 1.807) is 40.5 Å². The van der Waals surface area contributed by atoms with Crippen molar-refractivity contribution in [3.63, 3.8) is 0 Å². The normalized spacial score (nSPS) is 23.3. The quantitative estimate of drug-likeness (QED) is 0.0436. The molecule has 0 spiro atoms. The molecule has 25 heteroatoms. The van der Waals surface area contributed by atoms with Crippen LogP contribution in [0.2, 0.25) is 0 Å². The Bertz CT molecular complexity index is 1450. The van der Waals surface area contributed by atoms with Crippen molar-refractivity contribution in [2.75, 3.05) is 96.7 Å². The van der Waals surface area contributed by atoms with Gasteiger partial charge in [0.2, 0.25) is 34.9 Å². The van der Waals surface area contributed by atoms with E-state index >= 15 is 0 Å². The number of rotatable bonds is 13. The lowest BCUT2D eigenvalue weighted by Gasteiger charge is -2.29. The number of nitrogens with zero attached hydrogens (tertiary/aromatic N) is 6. The van der Waals surface area contributed by atoms with Gasteiger partial charge in [0.1, 0.15) is 12.1 Å². The Hall–Kier alpha value is -3.73. The highest BCUT2D eigenvalue weighted by atomic mass is 127. The van der Waals surface area contributed by atoms with E-state index in [2.05, 4.69) is 43.9 Å². The summed E-state index contributed by atoms with van der Waals surface area (Å²) >= 11 is 2.08. The van der Waals surface area contributed by atoms with Gasteiger partial charge in [-0.2, -0.15) is 0 Å². The minimum absolute atomic E-state index is 0.132. The van der Waals surface area contributed by atoms with Crippen LogP contribution in [-0.2, 0) is 52.9 Å². The molecule has 3 aliphatic rings. The van der Waals surface area contributed by atoms with Crippen molar-refractivity contribution in [3.05, 3.63) is 0 Å². The number of amides is 5. The molecule has 3 saturated heterocycles. The maximum atomic E-state index is 13.1. The Balaban J connectivity index is 1.51. The third-order valence-corrected chi connectivity index (χ3v) is 10.2. The van der Waals surface area contributed by atoms with Crippen molar-refractivity contribution in [1.82, 2.24) is 51.2 Å². The summed E-state index contributed by atoms with van der Waals surface area (Å²) in [6, 6.07) is -2.06. The smallest absolute Gasteiger partial charge is 0.426 e. The number of halogens is 1. The lowest BCUT2D eigenvalue weighted by atomic mass is 9.78. The third-order valence-electron chi connectivity index (χ3n) is 9.25. The van der Waals surface area contributed by atoms with Crippen LogP contribution in [0.4, 0.5) is 0 Å². The molecule has 23 nitrogen and oxygen atoms in total. The molecular formula is C32H54BIN10O13. The summed E-state index contributed by atoms with van der Waals surface area (Å²) in [5, 5.41) is 29.4. The summed E-state index contributed by atoms with van der Waals surface area (Å²) in [6.45, 7) is 5.34. The number of alkyl halides is 1. The molecule has 2 unspecified atom stereocenters. The van der Waals surface area contributed by atoms with E-state index in [0.29, 0.717) is 63.2 Å². The van der Waals surface area contributed by atoms with Crippen LogP contribution in [0.15, 0.2) is 0 Å². The molecule has 0 aromatic carbocycles. The maximum Gasteiger partial charge on any atom is 0.475 e. The first-order valence-corrected chi connectivity index (χ1v) is 20.1. The van der Waals surface area contributed by atoms with Gasteiger partial charge in [-0.15, -0.1) is 0 Å². The molecule has 5 atom stereocenters. The van der Waals surface area contributed by atoms with Crippen molar-refractivity contribution in [3.8, 4) is 0 Å². The number of likely N-dealkylation sites (N-methyl/N-ethyl adjacent to an activating group) is 1. The van der Waals surface area contributed by atoms with E-state index in [1.807, 2.05) is 0 Å².